The number of anilines is 2. The first-order chi connectivity index (χ1) is 15.7. The highest BCUT2D eigenvalue weighted by atomic mass is 32.2. The number of alkyl halides is 3. The van der Waals surface area contributed by atoms with Crippen molar-refractivity contribution < 1.29 is 27.2 Å². The number of benzene rings is 2. The van der Waals surface area contributed by atoms with Crippen LogP contribution >= 0.6 is 11.8 Å². The lowest BCUT2D eigenvalue weighted by Gasteiger charge is -2.31. The Morgan fingerprint density at radius 2 is 1.85 bits per heavy atom. The maximum atomic E-state index is 14.1. The number of rotatable bonds is 4. The lowest BCUT2D eigenvalue weighted by molar-refractivity contribution is -0.157. The van der Waals surface area contributed by atoms with E-state index in [9.17, 15) is 27.2 Å². The Bertz CT molecular complexity index is 1210. The number of carbonyl (C=O) groups excluding carboxylic acids is 2. The molecule has 1 atom stereocenters. The fourth-order valence-electron chi connectivity index (χ4n) is 3.51. The summed E-state index contributed by atoms with van der Waals surface area (Å²) in [6, 6.07) is 9.45. The van der Waals surface area contributed by atoms with Crippen molar-refractivity contribution in [2.24, 2.45) is 7.05 Å². The quantitative estimate of drug-likeness (QED) is 0.452. The molecule has 2 heterocycles. The minimum atomic E-state index is -4.82. The van der Waals surface area contributed by atoms with Crippen LogP contribution in [0.15, 0.2) is 53.7 Å². The molecule has 1 N–H and O–H groups in total. The van der Waals surface area contributed by atoms with Gasteiger partial charge >= 0.3 is 6.18 Å². The fourth-order valence-corrected chi connectivity index (χ4v) is 4.28. The Balaban J connectivity index is 1.61. The minimum Gasteiger partial charge on any atom is -0.324 e. The standard InChI is InChI=1S/C21H17F4N5O2S/c1-29-19(12-6-2-3-7-13(12)22)27-28-20(29)33-11-18(32)30-15-9-5-4-8-14(15)26-17(31)10-16(30)21(23,24)25/h2-9,16H,10-11H2,1H3,(H,26,31). The predicted octanol–water partition coefficient (Wildman–Crippen LogP) is 4.02. The van der Waals surface area contributed by atoms with Crippen molar-refractivity contribution in [3.05, 3.63) is 54.3 Å². The van der Waals surface area contributed by atoms with Crippen LogP contribution in [-0.4, -0.2) is 44.5 Å². The first kappa shape index (κ1) is 22.8. The summed E-state index contributed by atoms with van der Waals surface area (Å²) >= 11 is 0.868. The molecule has 0 saturated carbocycles. The fraction of sp³-hybridized carbons (Fsp3) is 0.238. The Morgan fingerprint density at radius 1 is 1.15 bits per heavy atom. The van der Waals surface area contributed by atoms with Gasteiger partial charge in [0.15, 0.2) is 11.0 Å². The first-order valence-corrected chi connectivity index (χ1v) is 10.7. The third-order valence-electron chi connectivity index (χ3n) is 5.05. The normalized spacial score (nSPS) is 16.2. The number of aromatic nitrogens is 3. The van der Waals surface area contributed by atoms with Gasteiger partial charge in [0, 0.05) is 7.05 Å². The van der Waals surface area contributed by atoms with E-state index in [1.54, 1.807) is 19.2 Å². The van der Waals surface area contributed by atoms with Gasteiger partial charge in [-0.25, -0.2) is 4.39 Å². The average Bonchev–Trinajstić information content (AvgIpc) is 3.03. The summed E-state index contributed by atoms with van der Waals surface area (Å²) in [6.45, 7) is 0. The summed E-state index contributed by atoms with van der Waals surface area (Å²) < 4.78 is 57.0. The Hall–Kier alpha value is -3.41. The molecule has 2 aromatic carbocycles. The molecule has 33 heavy (non-hydrogen) atoms. The number of amides is 2. The number of para-hydroxylation sites is 2. The van der Waals surface area contributed by atoms with Gasteiger partial charge in [0.1, 0.15) is 11.9 Å². The highest BCUT2D eigenvalue weighted by Crippen LogP contribution is 2.38. The molecule has 1 aliphatic heterocycles. The van der Waals surface area contributed by atoms with Crippen molar-refractivity contribution in [2.45, 2.75) is 23.8 Å². The monoisotopic (exact) mass is 479 g/mol. The van der Waals surface area contributed by atoms with E-state index in [1.165, 1.54) is 41.0 Å². The second kappa shape index (κ2) is 8.85. The molecule has 0 radical (unpaired) electrons. The van der Waals surface area contributed by atoms with E-state index in [-0.39, 0.29) is 27.9 Å². The minimum absolute atomic E-state index is 0.0405. The van der Waals surface area contributed by atoms with Gasteiger partial charge in [-0.1, -0.05) is 36.0 Å². The molecule has 4 rings (SSSR count). The summed E-state index contributed by atoms with van der Waals surface area (Å²) in [5.41, 5.74) is 0.281. The van der Waals surface area contributed by atoms with Crippen molar-refractivity contribution in [1.29, 1.82) is 0 Å². The molecule has 0 saturated heterocycles. The van der Waals surface area contributed by atoms with Crippen LogP contribution in [0.2, 0.25) is 0 Å². The topological polar surface area (TPSA) is 80.1 Å². The Kier molecular flexibility index (Phi) is 6.11. The van der Waals surface area contributed by atoms with Gasteiger partial charge in [0.05, 0.1) is 29.1 Å². The molecule has 1 aliphatic rings. The number of nitrogens with one attached hydrogen (secondary N) is 1. The molecular formula is C21H17F4N5O2S. The zero-order chi connectivity index (χ0) is 23.8. The SMILES string of the molecule is Cn1c(SCC(=O)N2c3ccccc3NC(=O)CC2C(F)(F)F)nnc1-c1ccccc1F. The number of fused-ring (bicyclic) bond motifs is 1. The van der Waals surface area contributed by atoms with Gasteiger partial charge in [0.2, 0.25) is 11.8 Å². The van der Waals surface area contributed by atoms with E-state index in [2.05, 4.69) is 15.5 Å². The summed E-state index contributed by atoms with van der Waals surface area (Å²) in [7, 11) is 1.57. The van der Waals surface area contributed by atoms with Crippen LogP contribution in [0.4, 0.5) is 28.9 Å². The molecule has 1 aromatic heterocycles. The van der Waals surface area contributed by atoms with Crippen LogP contribution in [-0.2, 0) is 16.6 Å². The number of hydrogen-bond donors (Lipinski definition) is 1. The number of carbonyl (C=O) groups is 2. The van der Waals surface area contributed by atoms with Gasteiger partial charge < -0.3 is 9.88 Å². The molecule has 1 unspecified atom stereocenters. The first-order valence-electron chi connectivity index (χ1n) is 9.71. The maximum absolute atomic E-state index is 14.1. The van der Waals surface area contributed by atoms with Gasteiger partial charge in [-0.15, -0.1) is 10.2 Å². The van der Waals surface area contributed by atoms with Gasteiger partial charge in [-0.2, -0.15) is 13.2 Å². The largest absolute Gasteiger partial charge is 0.409 e. The third-order valence-corrected chi connectivity index (χ3v) is 6.05. The second-order valence-corrected chi connectivity index (χ2v) is 8.17. The zero-order valence-electron chi connectivity index (χ0n) is 17.1. The van der Waals surface area contributed by atoms with Crippen LogP contribution in [0.5, 0.6) is 0 Å². The summed E-state index contributed by atoms with van der Waals surface area (Å²) in [5, 5.41) is 10.5. The molecule has 0 fully saturated rings. The molecular weight excluding hydrogens is 462 g/mol. The molecule has 12 heteroatoms. The molecule has 7 nitrogen and oxygen atoms in total. The van der Waals surface area contributed by atoms with E-state index in [0.717, 1.165) is 11.8 Å². The van der Waals surface area contributed by atoms with Crippen molar-refractivity contribution in [2.75, 3.05) is 16.0 Å². The van der Waals surface area contributed by atoms with Crippen LogP contribution in [0.1, 0.15) is 6.42 Å². The number of halogens is 4. The van der Waals surface area contributed by atoms with Crippen molar-refractivity contribution >= 4 is 35.0 Å². The van der Waals surface area contributed by atoms with E-state index in [4.69, 9.17) is 0 Å². The molecule has 172 valence electrons. The lowest BCUT2D eigenvalue weighted by Crippen LogP contribution is -2.50. The smallest absolute Gasteiger partial charge is 0.324 e. The number of nitrogens with zero attached hydrogens (tertiary/aromatic N) is 4. The van der Waals surface area contributed by atoms with Gasteiger partial charge in [-0.05, 0) is 24.3 Å². The summed E-state index contributed by atoms with van der Waals surface area (Å²) in [5.74, 6) is -2.39. The van der Waals surface area contributed by atoms with Crippen molar-refractivity contribution in [3.8, 4) is 11.4 Å². The van der Waals surface area contributed by atoms with Crippen molar-refractivity contribution in [3.63, 3.8) is 0 Å². The van der Waals surface area contributed by atoms with E-state index in [0.29, 0.717) is 4.90 Å². The molecule has 0 bridgehead atoms. The average molecular weight is 479 g/mol. The van der Waals surface area contributed by atoms with E-state index < -0.39 is 42.0 Å². The van der Waals surface area contributed by atoms with Gasteiger partial charge in [0.25, 0.3) is 0 Å². The van der Waals surface area contributed by atoms with Crippen LogP contribution in [0.25, 0.3) is 11.4 Å². The highest BCUT2D eigenvalue weighted by Gasteiger charge is 2.48. The zero-order valence-corrected chi connectivity index (χ0v) is 18.0. The van der Waals surface area contributed by atoms with Crippen LogP contribution in [0.3, 0.4) is 0 Å². The second-order valence-electron chi connectivity index (χ2n) is 7.22. The molecule has 0 spiro atoms. The Morgan fingerprint density at radius 3 is 2.58 bits per heavy atom. The maximum Gasteiger partial charge on any atom is 0.409 e. The Labute approximate surface area is 189 Å². The van der Waals surface area contributed by atoms with E-state index in [1.807, 2.05) is 0 Å². The number of hydrogen-bond acceptors (Lipinski definition) is 5. The lowest BCUT2D eigenvalue weighted by atomic mass is 10.1. The van der Waals surface area contributed by atoms with Crippen molar-refractivity contribution in [1.82, 2.24) is 14.8 Å². The van der Waals surface area contributed by atoms with Crippen LogP contribution in [0, 0.1) is 5.82 Å². The van der Waals surface area contributed by atoms with Crippen LogP contribution < -0.4 is 10.2 Å². The molecule has 3 aromatic rings. The summed E-state index contributed by atoms with van der Waals surface area (Å²) in [4.78, 5) is 25.7. The summed E-state index contributed by atoms with van der Waals surface area (Å²) in [6.07, 6.45) is -5.74. The highest BCUT2D eigenvalue weighted by molar-refractivity contribution is 7.99. The van der Waals surface area contributed by atoms with Gasteiger partial charge in [-0.3, -0.25) is 14.5 Å². The van der Waals surface area contributed by atoms with E-state index >= 15 is 0 Å². The third kappa shape index (κ3) is 4.56. The molecule has 0 aliphatic carbocycles. The predicted molar refractivity (Wildman–Crippen MR) is 114 cm³/mol. The number of thioether (sulfide) groups is 1. The molecule has 2 amide bonds.